The zero-order valence-electron chi connectivity index (χ0n) is 21.7. The molecule has 4 aromatic rings. The molecule has 8 nitrogen and oxygen atoms in total. The number of benzene rings is 3. The van der Waals surface area contributed by atoms with Crippen molar-refractivity contribution in [1.29, 1.82) is 0 Å². The Balaban J connectivity index is 1.62. The van der Waals surface area contributed by atoms with Crippen LogP contribution in [0.4, 0.5) is 5.69 Å². The number of carbonyl (C=O) groups is 1. The van der Waals surface area contributed by atoms with Crippen LogP contribution in [-0.4, -0.2) is 22.1 Å². The van der Waals surface area contributed by atoms with Crippen molar-refractivity contribution in [1.82, 2.24) is 4.57 Å². The molecule has 0 saturated carbocycles. The van der Waals surface area contributed by atoms with Gasteiger partial charge in [0.15, 0.2) is 4.80 Å². The minimum absolute atomic E-state index is 0.0964. The van der Waals surface area contributed by atoms with E-state index < -0.39 is 22.5 Å². The molecule has 0 fully saturated rings. The van der Waals surface area contributed by atoms with Gasteiger partial charge in [0, 0.05) is 21.0 Å². The van der Waals surface area contributed by atoms with Crippen LogP contribution in [0.3, 0.4) is 0 Å². The average molecular weight is 627 g/mol. The zero-order chi connectivity index (χ0) is 29.3. The average Bonchev–Trinajstić information content (AvgIpc) is 3.24. The number of nitro benzene ring substituents is 1. The van der Waals surface area contributed by atoms with Gasteiger partial charge in [-0.2, -0.15) is 0 Å². The van der Waals surface area contributed by atoms with Gasteiger partial charge in [-0.25, -0.2) is 9.79 Å². The maximum Gasteiger partial charge on any atom is 0.338 e. The van der Waals surface area contributed by atoms with Crippen molar-refractivity contribution in [2.24, 2.45) is 4.99 Å². The summed E-state index contributed by atoms with van der Waals surface area (Å²) in [6.45, 7) is 3.54. The molecule has 0 saturated heterocycles. The first-order chi connectivity index (χ1) is 19.7. The molecule has 0 radical (unpaired) electrons. The Bertz CT molecular complexity index is 1900. The lowest BCUT2D eigenvalue weighted by Crippen LogP contribution is -2.40. The van der Waals surface area contributed by atoms with Crippen molar-refractivity contribution in [3.05, 3.63) is 129 Å². The SMILES string of the molecule is CCOC(=O)C1=C(C)N=c2s/c(=C/c3ccc(Sc4ccc(Cl)cc4)c([N+](=O)[O-])c3)c(=O)n2C1c1ccccc1Cl. The second-order valence-corrected chi connectivity index (χ2v) is 11.8. The first-order valence-electron chi connectivity index (χ1n) is 12.3. The minimum Gasteiger partial charge on any atom is -0.463 e. The summed E-state index contributed by atoms with van der Waals surface area (Å²) in [7, 11) is 0. The van der Waals surface area contributed by atoms with Gasteiger partial charge in [0.2, 0.25) is 0 Å². The van der Waals surface area contributed by atoms with Gasteiger partial charge < -0.3 is 4.74 Å². The van der Waals surface area contributed by atoms with E-state index in [1.807, 2.05) is 0 Å². The van der Waals surface area contributed by atoms with Crippen LogP contribution in [0.15, 0.2) is 97.6 Å². The molecule has 41 heavy (non-hydrogen) atoms. The topological polar surface area (TPSA) is 104 Å². The van der Waals surface area contributed by atoms with Gasteiger partial charge in [0.25, 0.3) is 11.2 Å². The molecule has 1 aromatic heterocycles. The van der Waals surface area contributed by atoms with Gasteiger partial charge in [-0.15, -0.1) is 0 Å². The molecule has 1 unspecified atom stereocenters. The molecule has 0 aliphatic carbocycles. The van der Waals surface area contributed by atoms with E-state index in [0.29, 0.717) is 41.1 Å². The minimum atomic E-state index is -0.853. The summed E-state index contributed by atoms with van der Waals surface area (Å²) in [5.74, 6) is -0.586. The Morgan fingerprint density at radius 1 is 1.17 bits per heavy atom. The first kappa shape index (κ1) is 28.8. The fourth-order valence-corrected chi connectivity index (χ4v) is 6.73. The van der Waals surface area contributed by atoms with Crippen molar-refractivity contribution >= 4 is 64.0 Å². The molecule has 1 aliphatic heterocycles. The highest BCUT2D eigenvalue weighted by molar-refractivity contribution is 7.99. The highest BCUT2D eigenvalue weighted by Gasteiger charge is 2.34. The molecule has 3 aromatic carbocycles. The van der Waals surface area contributed by atoms with Crippen LogP contribution in [0.25, 0.3) is 6.08 Å². The van der Waals surface area contributed by atoms with Crippen molar-refractivity contribution in [2.75, 3.05) is 6.61 Å². The van der Waals surface area contributed by atoms with E-state index in [9.17, 15) is 19.7 Å². The monoisotopic (exact) mass is 625 g/mol. The van der Waals surface area contributed by atoms with Crippen molar-refractivity contribution in [2.45, 2.75) is 29.7 Å². The smallest absolute Gasteiger partial charge is 0.338 e. The predicted molar refractivity (Wildman–Crippen MR) is 161 cm³/mol. The summed E-state index contributed by atoms with van der Waals surface area (Å²) < 4.78 is 7.03. The van der Waals surface area contributed by atoms with Crippen LogP contribution in [-0.2, 0) is 9.53 Å². The molecule has 12 heteroatoms. The number of ether oxygens (including phenoxy) is 1. The van der Waals surface area contributed by atoms with Gasteiger partial charge in [-0.05, 0) is 67.4 Å². The van der Waals surface area contributed by atoms with Crippen molar-refractivity contribution in [3.8, 4) is 0 Å². The summed E-state index contributed by atoms with van der Waals surface area (Å²) in [4.78, 5) is 44.5. The van der Waals surface area contributed by atoms with Crippen LogP contribution in [0.5, 0.6) is 0 Å². The molecule has 0 spiro atoms. The van der Waals surface area contributed by atoms with Gasteiger partial charge in [-0.1, -0.05) is 70.6 Å². The van der Waals surface area contributed by atoms with E-state index in [-0.39, 0.29) is 17.9 Å². The standard InChI is InChI=1S/C29H21Cl2N3O5S2/c1-3-39-28(36)25-16(2)32-29-33(26(25)20-6-4-5-7-21(20)31)27(35)24(41-29)15-17-8-13-23(22(14-17)34(37)38)40-19-11-9-18(30)10-12-19/h4-15,26H,3H2,1-2H3/b24-15+. The summed E-state index contributed by atoms with van der Waals surface area (Å²) >= 11 is 14.9. The van der Waals surface area contributed by atoms with E-state index in [1.165, 1.54) is 22.4 Å². The Hall–Kier alpha value is -3.70. The molecule has 1 atom stereocenters. The van der Waals surface area contributed by atoms with Crippen LogP contribution >= 0.6 is 46.3 Å². The lowest BCUT2D eigenvalue weighted by molar-refractivity contribution is -0.387. The van der Waals surface area contributed by atoms with E-state index in [4.69, 9.17) is 27.9 Å². The van der Waals surface area contributed by atoms with Crippen molar-refractivity contribution in [3.63, 3.8) is 0 Å². The van der Waals surface area contributed by atoms with Crippen molar-refractivity contribution < 1.29 is 14.5 Å². The molecule has 0 bridgehead atoms. The van der Waals surface area contributed by atoms with E-state index in [0.717, 1.165) is 16.2 Å². The van der Waals surface area contributed by atoms with Gasteiger partial charge in [0.05, 0.1) is 32.2 Å². The second-order valence-electron chi connectivity index (χ2n) is 8.86. The Kier molecular flexibility index (Phi) is 8.46. The van der Waals surface area contributed by atoms with E-state index >= 15 is 0 Å². The van der Waals surface area contributed by atoms with E-state index in [2.05, 4.69) is 4.99 Å². The molecular weight excluding hydrogens is 605 g/mol. The molecule has 1 aliphatic rings. The number of halogens is 2. The Morgan fingerprint density at radius 2 is 1.90 bits per heavy atom. The largest absolute Gasteiger partial charge is 0.463 e. The summed E-state index contributed by atoms with van der Waals surface area (Å²) in [6.07, 6.45) is 1.58. The number of aromatic nitrogens is 1. The third-order valence-corrected chi connectivity index (χ3v) is 8.89. The summed E-state index contributed by atoms with van der Waals surface area (Å²) in [6, 6.07) is 17.9. The number of nitro groups is 1. The first-order valence-corrected chi connectivity index (χ1v) is 14.7. The normalized spacial score (nSPS) is 14.9. The quantitative estimate of drug-likeness (QED) is 0.138. The van der Waals surface area contributed by atoms with Crippen LogP contribution in [0, 0.1) is 10.1 Å². The maximum absolute atomic E-state index is 13.8. The molecular formula is C29H21Cl2N3O5S2. The van der Waals surface area contributed by atoms with Gasteiger partial charge >= 0.3 is 5.97 Å². The molecule has 2 heterocycles. The fraction of sp³-hybridized carbons (Fsp3) is 0.138. The summed E-state index contributed by atoms with van der Waals surface area (Å²) in [5, 5.41) is 12.9. The number of rotatable bonds is 7. The lowest BCUT2D eigenvalue weighted by Gasteiger charge is -2.25. The predicted octanol–water partition coefficient (Wildman–Crippen LogP) is 6.16. The number of thiazole rings is 1. The molecule has 0 amide bonds. The van der Waals surface area contributed by atoms with Gasteiger partial charge in [-0.3, -0.25) is 19.5 Å². The molecule has 208 valence electrons. The number of hydrogen-bond donors (Lipinski definition) is 0. The number of nitrogens with zero attached hydrogens (tertiary/aromatic N) is 3. The number of carbonyl (C=O) groups excluding carboxylic acids is 1. The fourth-order valence-electron chi connectivity index (χ4n) is 4.42. The van der Waals surface area contributed by atoms with E-state index in [1.54, 1.807) is 80.6 Å². The second kappa shape index (κ2) is 12.0. The third-order valence-electron chi connectivity index (χ3n) is 6.24. The molecule has 5 rings (SSSR count). The number of fused-ring (bicyclic) bond motifs is 1. The van der Waals surface area contributed by atoms with Crippen LogP contribution in [0.2, 0.25) is 10.0 Å². The number of allylic oxidation sites excluding steroid dienone is 1. The molecule has 0 N–H and O–H groups in total. The van der Waals surface area contributed by atoms with Crippen LogP contribution < -0.4 is 14.9 Å². The Morgan fingerprint density at radius 3 is 2.59 bits per heavy atom. The third kappa shape index (κ3) is 5.87. The number of hydrogen-bond acceptors (Lipinski definition) is 8. The number of esters is 1. The maximum atomic E-state index is 13.8. The van der Waals surface area contributed by atoms with Gasteiger partial charge in [0.1, 0.15) is 6.04 Å². The van der Waals surface area contributed by atoms with Crippen LogP contribution in [0.1, 0.15) is 31.0 Å². The Labute approximate surface area is 252 Å². The summed E-state index contributed by atoms with van der Waals surface area (Å²) in [5.41, 5.74) is 1.16. The zero-order valence-corrected chi connectivity index (χ0v) is 24.8. The lowest BCUT2D eigenvalue weighted by atomic mass is 9.96. The highest BCUT2D eigenvalue weighted by Crippen LogP contribution is 2.36. The highest BCUT2D eigenvalue weighted by atomic mass is 35.5.